The number of Topliss-reactive ketones (excluding diaryl/α,β-unsaturated/α-hetero) is 1. The summed E-state index contributed by atoms with van der Waals surface area (Å²) in [6, 6.07) is 0. The zero-order valence-corrected chi connectivity index (χ0v) is 13.8. The van der Waals surface area contributed by atoms with Crippen LogP contribution in [0.4, 0.5) is 4.79 Å². The van der Waals surface area contributed by atoms with Crippen molar-refractivity contribution in [3.63, 3.8) is 0 Å². The topological polar surface area (TPSA) is 74.7 Å². The molecule has 0 aromatic carbocycles. The number of carbonyl (C=O) groups excluding carboxylic acids is 2. The van der Waals surface area contributed by atoms with E-state index in [-0.39, 0.29) is 22.1 Å². The van der Waals surface area contributed by atoms with Crippen molar-refractivity contribution in [3.8, 4) is 0 Å². The highest BCUT2D eigenvalue weighted by atomic mass is 32.2. The Morgan fingerprint density at radius 2 is 2.10 bits per heavy atom. The molecule has 1 heterocycles. The smallest absolute Gasteiger partial charge is 0.408 e. The molecule has 5 nitrogen and oxygen atoms in total. The molecule has 1 rings (SSSR count). The van der Waals surface area contributed by atoms with Gasteiger partial charge in [0.25, 0.3) is 0 Å². The highest BCUT2D eigenvalue weighted by molar-refractivity contribution is 8.13. The van der Waals surface area contributed by atoms with Gasteiger partial charge >= 0.3 is 6.09 Å². The quantitative estimate of drug-likeness (QED) is 0.746. The van der Waals surface area contributed by atoms with Gasteiger partial charge in [-0.05, 0) is 6.92 Å². The summed E-state index contributed by atoms with van der Waals surface area (Å²) in [6.07, 6.45) is -0.646. The first-order chi connectivity index (χ1) is 9.31. The standard InChI is InChI=1S/C12H17NO4S3/c1-7(14)3-9(5-19-8(2)15)11(18)10-4-13(6-20-10)12(16)17/h9-10H,3-6H2,1-2H3,(H,16,17). The maximum Gasteiger partial charge on any atom is 0.408 e. The lowest BCUT2D eigenvalue weighted by molar-refractivity contribution is -0.117. The molecule has 0 spiro atoms. The molecule has 2 atom stereocenters. The second-order valence-corrected chi connectivity index (χ2v) is 7.43. The Hall–Kier alpha value is -0.600. The summed E-state index contributed by atoms with van der Waals surface area (Å²) in [4.78, 5) is 35.3. The number of rotatable bonds is 6. The van der Waals surface area contributed by atoms with Crippen molar-refractivity contribution in [1.82, 2.24) is 4.90 Å². The molecular formula is C12H17NO4S3. The summed E-state index contributed by atoms with van der Waals surface area (Å²) in [5.41, 5.74) is 0. The van der Waals surface area contributed by atoms with E-state index < -0.39 is 6.09 Å². The minimum absolute atomic E-state index is 0.00686. The number of hydrogen-bond donors (Lipinski definition) is 1. The first-order valence-electron chi connectivity index (χ1n) is 6.07. The van der Waals surface area contributed by atoms with Crippen LogP contribution >= 0.6 is 35.7 Å². The van der Waals surface area contributed by atoms with E-state index in [0.717, 1.165) is 11.8 Å². The Labute approximate surface area is 131 Å². The molecule has 0 radical (unpaired) electrons. The monoisotopic (exact) mass is 335 g/mol. The molecule has 20 heavy (non-hydrogen) atoms. The predicted molar refractivity (Wildman–Crippen MR) is 85.5 cm³/mol. The Bertz CT molecular complexity index is 427. The Morgan fingerprint density at radius 3 is 2.55 bits per heavy atom. The molecule has 1 amide bonds. The van der Waals surface area contributed by atoms with Crippen LogP contribution in [-0.2, 0) is 9.59 Å². The predicted octanol–water partition coefficient (Wildman–Crippen LogP) is 2.28. The minimum Gasteiger partial charge on any atom is -0.465 e. The van der Waals surface area contributed by atoms with Crippen LogP contribution in [0.15, 0.2) is 0 Å². The fraction of sp³-hybridized carbons (Fsp3) is 0.667. The number of carboxylic acid groups (broad SMARTS) is 1. The van der Waals surface area contributed by atoms with Crippen molar-refractivity contribution in [1.29, 1.82) is 0 Å². The maximum absolute atomic E-state index is 11.3. The Morgan fingerprint density at radius 1 is 1.45 bits per heavy atom. The first kappa shape index (κ1) is 17.5. The van der Waals surface area contributed by atoms with E-state index in [9.17, 15) is 14.4 Å². The van der Waals surface area contributed by atoms with Gasteiger partial charge in [0, 0.05) is 36.4 Å². The molecule has 2 unspecified atom stereocenters. The molecule has 0 aromatic rings. The number of ketones is 1. The number of nitrogens with zero attached hydrogens (tertiary/aromatic N) is 1. The minimum atomic E-state index is -0.955. The molecule has 1 fully saturated rings. The molecule has 1 N–H and O–H groups in total. The summed E-state index contributed by atoms with van der Waals surface area (Å²) >= 11 is 8.06. The summed E-state index contributed by atoms with van der Waals surface area (Å²) in [5, 5.41) is 8.86. The second kappa shape index (κ2) is 7.99. The van der Waals surface area contributed by atoms with Gasteiger partial charge in [-0.3, -0.25) is 9.69 Å². The molecule has 0 aromatic heterocycles. The zero-order valence-electron chi connectivity index (χ0n) is 11.3. The van der Waals surface area contributed by atoms with Crippen LogP contribution in [0.25, 0.3) is 0 Å². The summed E-state index contributed by atoms with van der Waals surface area (Å²) in [6.45, 7) is 3.34. The number of carbonyl (C=O) groups is 3. The van der Waals surface area contributed by atoms with E-state index in [4.69, 9.17) is 17.3 Å². The van der Waals surface area contributed by atoms with Crippen molar-refractivity contribution >= 4 is 57.6 Å². The SMILES string of the molecule is CC(=O)CC(CSC(C)=O)C(=S)C1CN(C(=O)O)CS1. The molecule has 1 saturated heterocycles. The Balaban J connectivity index is 2.65. The van der Waals surface area contributed by atoms with Gasteiger partial charge in [-0.25, -0.2) is 4.79 Å². The lowest BCUT2D eigenvalue weighted by atomic mass is 9.98. The van der Waals surface area contributed by atoms with Crippen LogP contribution in [0.1, 0.15) is 20.3 Å². The lowest BCUT2D eigenvalue weighted by Gasteiger charge is -2.20. The summed E-state index contributed by atoms with van der Waals surface area (Å²) in [7, 11) is 0. The molecule has 8 heteroatoms. The van der Waals surface area contributed by atoms with E-state index in [1.54, 1.807) is 0 Å². The second-order valence-electron chi connectivity index (χ2n) is 4.60. The molecular weight excluding hydrogens is 318 g/mol. The number of hydrogen-bond acceptors (Lipinski definition) is 6. The van der Waals surface area contributed by atoms with Crippen LogP contribution in [0, 0.1) is 5.92 Å². The van der Waals surface area contributed by atoms with Crippen LogP contribution in [0.3, 0.4) is 0 Å². The third-order valence-corrected chi connectivity index (χ3v) is 5.84. The molecule has 1 aliphatic heterocycles. The lowest BCUT2D eigenvalue weighted by Crippen LogP contribution is -2.33. The summed E-state index contributed by atoms with van der Waals surface area (Å²) < 4.78 is 0. The van der Waals surface area contributed by atoms with E-state index in [1.165, 1.54) is 30.5 Å². The van der Waals surface area contributed by atoms with Gasteiger partial charge in [-0.2, -0.15) is 0 Å². The van der Waals surface area contributed by atoms with E-state index in [1.807, 2.05) is 0 Å². The number of thiocarbonyl (C=S) groups is 1. The van der Waals surface area contributed by atoms with Crippen molar-refractivity contribution < 1.29 is 19.5 Å². The fourth-order valence-electron chi connectivity index (χ4n) is 1.86. The molecule has 0 aliphatic carbocycles. The normalized spacial score (nSPS) is 19.7. The molecule has 112 valence electrons. The maximum atomic E-state index is 11.3. The van der Waals surface area contributed by atoms with Gasteiger partial charge in [0.2, 0.25) is 0 Å². The number of amides is 1. The first-order valence-corrected chi connectivity index (χ1v) is 8.51. The largest absolute Gasteiger partial charge is 0.465 e. The Kier molecular flexibility index (Phi) is 6.97. The van der Waals surface area contributed by atoms with Gasteiger partial charge in [-0.15, -0.1) is 11.8 Å². The highest BCUT2D eigenvalue weighted by Gasteiger charge is 2.33. The molecule has 0 bridgehead atoms. The van der Waals surface area contributed by atoms with Crippen molar-refractivity contribution in [2.24, 2.45) is 5.92 Å². The van der Waals surface area contributed by atoms with Crippen molar-refractivity contribution in [2.45, 2.75) is 25.5 Å². The van der Waals surface area contributed by atoms with Crippen LogP contribution in [0.5, 0.6) is 0 Å². The third kappa shape index (κ3) is 5.41. The van der Waals surface area contributed by atoms with E-state index in [2.05, 4.69) is 0 Å². The fourth-order valence-corrected chi connectivity index (χ4v) is 4.36. The average Bonchev–Trinajstić information content (AvgIpc) is 2.82. The molecule has 0 saturated carbocycles. The van der Waals surface area contributed by atoms with Gasteiger partial charge < -0.3 is 9.90 Å². The van der Waals surface area contributed by atoms with Crippen molar-refractivity contribution in [3.05, 3.63) is 0 Å². The van der Waals surface area contributed by atoms with Crippen LogP contribution in [0.2, 0.25) is 0 Å². The zero-order chi connectivity index (χ0) is 15.3. The van der Waals surface area contributed by atoms with Gasteiger partial charge in [0.15, 0.2) is 5.12 Å². The van der Waals surface area contributed by atoms with Crippen molar-refractivity contribution in [2.75, 3.05) is 18.2 Å². The number of thioether (sulfide) groups is 2. The van der Waals surface area contributed by atoms with Gasteiger partial charge in [0.05, 0.1) is 11.1 Å². The van der Waals surface area contributed by atoms with Gasteiger partial charge in [0.1, 0.15) is 5.78 Å². The van der Waals surface area contributed by atoms with E-state index >= 15 is 0 Å². The third-order valence-electron chi connectivity index (χ3n) is 2.83. The van der Waals surface area contributed by atoms with Crippen LogP contribution < -0.4 is 0 Å². The summed E-state index contributed by atoms with van der Waals surface area (Å²) in [5.74, 6) is 0.757. The average molecular weight is 335 g/mol. The van der Waals surface area contributed by atoms with Crippen LogP contribution in [-0.4, -0.2) is 55.3 Å². The molecule has 1 aliphatic rings. The highest BCUT2D eigenvalue weighted by Crippen LogP contribution is 2.29. The van der Waals surface area contributed by atoms with Gasteiger partial charge in [-0.1, -0.05) is 24.0 Å². The van der Waals surface area contributed by atoms with E-state index in [0.29, 0.717) is 29.5 Å².